The highest BCUT2D eigenvalue weighted by atomic mass is 31.2. The number of aliphatic hydroxyl groups excluding tert-OH is 1. The molecule has 3 atom stereocenters. The Morgan fingerprint density at radius 1 is 0.557 bits per heavy atom. The molecule has 0 aromatic rings. The SMILES string of the molecule is CC/C=C\C/C=C\C/C=C\C/C=C\C/C=C\C/C=C\CCCCCCCCCCCCC(=O)NC(COP(=O)(O)OCC[N+](C)(C)C)C(O)/C=C/CC/C=C/CC/C=C/CC. The van der Waals surface area contributed by atoms with E-state index in [0.29, 0.717) is 17.4 Å². The predicted molar refractivity (Wildman–Crippen MR) is 262 cm³/mol. The summed E-state index contributed by atoms with van der Waals surface area (Å²) in [5.41, 5.74) is 0. The number of nitrogens with one attached hydrogen (secondary N) is 1. The number of aliphatic hydroxyl groups is 1. The molecular weight excluding hydrogens is 780 g/mol. The minimum Gasteiger partial charge on any atom is -0.387 e. The Morgan fingerprint density at radius 3 is 1.44 bits per heavy atom. The van der Waals surface area contributed by atoms with Gasteiger partial charge in [0.25, 0.3) is 0 Å². The number of hydrogen-bond acceptors (Lipinski definition) is 5. The summed E-state index contributed by atoms with van der Waals surface area (Å²) >= 11 is 0. The maximum absolute atomic E-state index is 12.9. The number of carbonyl (C=O) groups is 1. The molecule has 0 aliphatic carbocycles. The topological polar surface area (TPSA) is 105 Å². The molecular formula is C52H90N2O6P+. The number of phosphoric acid groups is 1. The van der Waals surface area contributed by atoms with Crippen LogP contribution in [0.5, 0.6) is 0 Å². The number of amides is 1. The van der Waals surface area contributed by atoms with Crippen LogP contribution in [0, 0.1) is 0 Å². The number of likely N-dealkylation sites (N-methyl/N-ethyl adjacent to an activating group) is 1. The Labute approximate surface area is 374 Å². The molecule has 0 saturated heterocycles. The van der Waals surface area contributed by atoms with Crippen LogP contribution in [0.15, 0.2) is 109 Å². The van der Waals surface area contributed by atoms with Gasteiger partial charge in [0.15, 0.2) is 0 Å². The maximum Gasteiger partial charge on any atom is 0.472 e. The first-order chi connectivity index (χ1) is 29.5. The first kappa shape index (κ1) is 58.2. The second kappa shape index (κ2) is 42.5. The number of quaternary nitrogens is 1. The van der Waals surface area contributed by atoms with Crippen LogP contribution in [0.2, 0.25) is 0 Å². The minimum absolute atomic E-state index is 0.0465. The average Bonchev–Trinajstić information content (AvgIpc) is 3.21. The lowest BCUT2D eigenvalue weighted by Crippen LogP contribution is -2.45. The fourth-order valence-corrected chi connectivity index (χ4v) is 6.76. The molecule has 3 unspecified atom stereocenters. The summed E-state index contributed by atoms with van der Waals surface area (Å²) in [6.45, 7) is 4.51. The molecule has 0 aromatic heterocycles. The summed E-state index contributed by atoms with van der Waals surface area (Å²) in [7, 11) is 1.52. The molecule has 0 heterocycles. The molecule has 348 valence electrons. The van der Waals surface area contributed by atoms with Crippen molar-refractivity contribution in [3.05, 3.63) is 109 Å². The van der Waals surface area contributed by atoms with Gasteiger partial charge in [-0.3, -0.25) is 13.8 Å². The Kier molecular flexibility index (Phi) is 40.5. The molecule has 0 aliphatic rings. The van der Waals surface area contributed by atoms with E-state index in [2.05, 4.69) is 116 Å². The predicted octanol–water partition coefficient (Wildman–Crippen LogP) is 13.7. The Bertz CT molecular complexity index is 1350. The van der Waals surface area contributed by atoms with E-state index in [1.54, 1.807) is 6.08 Å². The lowest BCUT2D eigenvalue weighted by atomic mass is 10.0. The minimum atomic E-state index is -4.35. The van der Waals surface area contributed by atoms with Crippen LogP contribution in [0.4, 0.5) is 0 Å². The van der Waals surface area contributed by atoms with E-state index in [1.165, 1.54) is 44.9 Å². The molecule has 0 bridgehead atoms. The van der Waals surface area contributed by atoms with Gasteiger partial charge in [-0.25, -0.2) is 4.57 Å². The lowest BCUT2D eigenvalue weighted by molar-refractivity contribution is -0.870. The van der Waals surface area contributed by atoms with E-state index in [1.807, 2.05) is 27.2 Å². The van der Waals surface area contributed by atoms with Gasteiger partial charge in [-0.15, -0.1) is 0 Å². The van der Waals surface area contributed by atoms with Crippen molar-refractivity contribution in [1.29, 1.82) is 0 Å². The van der Waals surface area contributed by atoms with Gasteiger partial charge in [-0.05, 0) is 89.9 Å². The van der Waals surface area contributed by atoms with E-state index < -0.39 is 20.0 Å². The fourth-order valence-electron chi connectivity index (χ4n) is 6.02. The van der Waals surface area contributed by atoms with Crippen LogP contribution in [0.1, 0.15) is 162 Å². The van der Waals surface area contributed by atoms with Crippen LogP contribution < -0.4 is 5.32 Å². The van der Waals surface area contributed by atoms with Crippen molar-refractivity contribution in [3.63, 3.8) is 0 Å². The smallest absolute Gasteiger partial charge is 0.387 e. The van der Waals surface area contributed by atoms with Crippen LogP contribution in [0.25, 0.3) is 0 Å². The van der Waals surface area contributed by atoms with Crippen molar-refractivity contribution in [3.8, 4) is 0 Å². The van der Waals surface area contributed by atoms with Gasteiger partial charge in [0.2, 0.25) is 5.91 Å². The van der Waals surface area contributed by atoms with Crippen LogP contribution in [-0.4, -0.2) is 73.4 Å². The van der Waals surface area contributed by atoms with Gasteiger partial charge >= 0.3 is 7.82 Å². The molecule has 0 saturated carbocycles. The summed E-state index contributed by atoms with van der Waals surface area (Å²) in [5, 5.41) is 13.7. The van der Waals surface area contributed by atoms with E-state index >= 15 is 0 Å². The highest BCUT2D eigenvalue weighted by Gasteiger charge is 2.27. The number of phosphoric ester groups is 1. The molecule has 9 heteroatoms. The van der Waals surface area contributed by atoms with Crippen molar-refractivity contribution in [2.45, 2.75) is 174 Å². The summed E-state index contributed by atoms with van der Waals surface area (Å²) in [6.07, 6.45) is 61.9. The Hall–Kier alpha value is -2.84. The van der Waals surface area contributed by atoms with Crippen molar-refractivity contribution in [2.75, 3.05) is 40.9 Å². The second-order valence-electron chi connectivity index (χ2n) is 16.7. The molecule has 0 spiro atoms. The first-order valence-corrected chi connectivity index (χ1v) is 25.3. The zero-order valence-corrected chi connectivity index (χ0v) is 40.2. The third-order valence-corrected chi connectivity index (χ3v) is 10.7. The van der Waals surface area contributed by atoms with Crippen LogP contribution in [0.3, 0.4) is 0 Å². The van der Waals surface area contributed by atoms with Crippen LogP contribution >= 0.6 is 7.82 Å². The van der Waals surface area contributed by atoms with Crippen molar-refractivity contribution in [2.24, 2.45) is 0 Å². The quantitative estimate of drug-likeness (QED) is 0.0245. The molecule has 3 N–H and O–H groups in total. The summed E-state index contributed by atoms with van der Waals surface area (Å²) in [6, 6.07) is -0.877. The zero-order valence-electron chi connectivity index (χ0n) is 39.4. The monoisotopic (exact) mass is 870 g/mol. The normalized spacial score (nSPS) is 15.2. The molecule has 0 fully saturated rings. The number of nitrogens with zero attached hydrogens (tertiary/aromatic N) is 1. The van der Waals surface area contributed by atoms with Gasteiger partial charge in [0.05, 0.1) is 39.9 Å². The van der Waals surface area contributed by atoms with Crippen molar-refractivity contribution in [1.82, 2.24) is 5.32 Å². The maximum atomic E-state index is 12.9. The first-order valence-electron chi connectivity index (χ1n) is 23.8. The molecule has 1 amide bonds. The Morgan fingerprint density at radius 2 is 0.951 bits per heavy atom. The van der Waals surface area contributed by atoms with E-state index in [9.17, 15) is 19.4 Å². The van der Waals surface area contributed by atoms with E-state index in [-0.39, 0.29) is 19.1 Å². The number of carbonyl (C=O) groups excluding carboxylic acids is 1. The van der Waals surface area contributed by atoms with Gasteiger partial charge in [0, 0.05) is 6.42 Å². The van der Waals surface area contributed by atoms with E-state index in [4.69, 9.17) is 9.05 Å². The fraction of sp³-hybridized carbons (Fsp3) is 0.635. The van der Waals surface area contributed by atoms with Crippen LogP contribution in [-0.2, 0) is 18.4 Å². The largest absolute Gasteiger partial charge is 0.472 e. The third kappa shape index (κ3) is 45.0. The highest BCUT2D eigenvalue weighted by Crippen LogP contribution is 2.43. The van der Waals surface area contributed by atoms with Gasteiger partial charge in [-0.2, -0.15) is 0 Å². The van der Waals surface area contributed by atoms with Gasteiger partial charge < -0.3 is 19.8 Å². The molecule has 8 nitrogen and oxygen atoms in total. The third-order valence-electron chi connectivity index (χ3n) is 9.72. The number of allylic oxidation sites excluding steroid dienone is 17. The standard InChI is InChI=1S/C52H89N2O6P/c1-6-8-10-12-14-16-18-19-20-21-22-23-24-25-26-27-28-29-30-31-32-33-34-35-36-38-40-42-44-46-52(56)53-50(49-60-61(57,58)59-48-47-54(3,4)5)51(55)45-43-41-39-37-17-15-13-11-9-7-2/h8-11,14,16-17,19-20,22-23,25-26,28-29,37,43,45,50-51,55H,6-7,12-13,15,18,21,24,27,30-36,38-42,44,46-49H2,1-5H3,(H-,53,56,57,58)/p+1/b10-8-,11-9+,16-14-,20-19-,23-22-,26-25-,29-28-,37-17+,45-43+. The second-order valence-corrected chi connectivity index (χ2v) is 18.2. The van der Waals surface area contributed by atoms with Crippen molar-refractivity contribution >= 4 is 13.7 Å². The van der Waals surface area contributed by atoms with E-state index in [0.717, 1.165) is 96.3 Å². The average molecular weight is 870 g/mol. The number of unbranched alkanes of at least 4 members (excludes halogenated alkanes) is 12. The highest BCUT2D eigenvalue weighted by molar-refractivity contribution is 7.47. The summed E-state index contributed by atoms with van der Waals surface area (Å²) in [4.78, 5) is 23.1. The molecule has 61 heavy (non-hydrogen) atoms. The Balaban J connectivity index is 4.21. The number of rotatable bonds is 41. The molecule has 0 radical (unpaired) electrons. The summed E-state index contributed by atoms with van der Waals surface area (Å²) in [5.74, 6) is -0.205. The molecule has 0 aromatic carbocycles. The summed E-state index contributed by atoms with van der Waals surface area (Å²) < 4.78 is 23.5. The zero-order chi connectivity index (χ0) is 45.0. The molecule has 0 rings (SSSR count). The lowest BCUT2D eigenvalue weighted by Gasteiger charge is -2.25. The van der Waals surface area contributed by atoms with Crippen molar-refractivity contribution < 1.29 is 32.9 Å². The van der Waals surface area contributed by atoms with Gasteiger partial charge in [-0.1, -0.05) is 175 Å². The number of hydrogen-bond donors (Lipinski definition) is 3. The molecule has 0 aliphatic heterocycles. The van der Waals surface area contributed by atoms with Gasteiger partial charge in [0.1, 0.15) is 13.2 Å².